The number of hydrogen-bond donors (Lipinski definition) is 0. The molecule has 0 radical (unpaired) electrons. The third-order valence-corrected chi connectivity index (χ3v) is 3.39. The Kier molecular flexibility index (Phi) is 5.66. The number of imidazole rings is 1. The van der Waals surface area contributed by atoms with Crippen LogP contribution in [0.25, 0.3) is 0 Å². The molecule has 0 bridgehead atoms. The summed E-state index contributed by atoms with van der Waals surface area (Å²) in [6.07, 6.45) is -3.30. The van der Waals surface area contributed by atoms with Crippen LogP contribution in [0.1, 0.15) is 42.4 Å². The number of nitrogens with zero attached hydrogens (tertiary/aromatic N) is 2. The highest BCUT2D eigenvalue weighted by Gasteiger charge is 2.33. The molecule has 0 aliphatic carbocycles. The van der Waals surface area contributed by atoms with Crippen LogP contribution in [0, 0.1) is 5.95 Å². The molecule has 0 aliphatic heterocycles. The van der Waals surface area contributed by atoms with Crippen LogP contribution in [0.15, 0.2) is 30.6 Å². The zero-order valence-corrected chi connectivity index (χ0v) is 13.5. The molecule has 0 saturated heterocycles. The molecule has 1 atom stereocenters. The fraction of sp³-hybridized carbons (Fsp3) is 0.375. The smallest absolute Gasteiger partial charge is 0.461 e. The third-order valence-electron chi connectivity index (χ3n) is 3.39. The topological polar surface area (TPSA) is 53.3 Å². The Hall–Kier alpha value is -2.58. The number of carbonyl (C=O) groups excluding carboxylic acids is 1. The van der Waals surface area contributed by atoms with E-state index >= 15 is 0 Å². The standard InChI is InChI=1S/C16H16F4N2O3/c1-3-8-24-15(23)13-14(17)21-9-22(13)10(2)11-6-4-5-7-12(11)25-16(18,19)20/h4-7,9-10H,3,8H2,1-2H3. The van der Waals surface area contributed by atoms with Crippen molar-refractivity contribution in [2.24, 2.45) is 0 Å². The number of hydrogen-bond acceptors (Lipinski definition) is 4. The van der Waals surface area contributed by atoms with E-state index in [9.17, 15) is 22.4 Å². The van der Waals surface area contributed by atoms with Gasteiger partial charge < -0.3 is 14.0 Å². The van der Waals surface area contributed by atoms with Crippen LogP contribution in [0.5, 0.6) is 5.75 Å². The first-order valence-corrected chi connectivity index (χ1v) is 7.48. The molecule has 0 aliphatic rings. The molecule has 0 spiro atoms. The number of benzene rings is 1. The summed E-state index contributed by atoms with van der Waals surface area (Å²) >= 11 is 0. The second kappa shape index (κ2) is 7.54. The Morgan fingerprint density at radius 2 is 2.00 bits per heavy atom. The number of aromatic nitrogens is 2. The van der Waals surface area contributed by atoms with E-state index in [1.807, 2.05) is 0 Å². The molecule has 25 heavy (non-hydrogen) atoms. The summed E-state index contributed by atoms with van der Waals surface area (Å²) in [6.45, 7) is 3.36. The van der Waals surface area contributed by atoms with Crippen LogP contribution >= 0.6 is 0 Å². The van der Waals surface area contributed by atoms with E-state index in [4.69, 9.17) is 4.74 Å². The van der Waals surface area contributed by atoms with Gasteiger partial charge in [-0.25, -0.2) is 9.78 Å². The van der Waals surface area contributed by atoms with Gasteiger partial charge in [-0.2, -0.15) is 4.39 Å². The lowest BCUT2D eigenvalue weighted by Gasteiger charge is -2.20. The van der Waals surface area contributed by atoms with E-state index < -0.39 is 35.8 Å². The Bertz CT molecular complexity index is 743. The number of para-hydroxylation sites is 1. The molecule has 1 unspecified atom stereocenters. The molecule has 0 fully saturated rings. The van der Waals surface area contributed by atoms with Gasteiger partial charge >= 0.3 is 12.3 Å². The molecule has 0 amide bonds. The van der Waals surface area contributed by atoms with Crippen molar-refractivity contribution >= 4 is 5.97 Å². The average Bonchev–Trinajstić information content (AvgIpc) is 2.92. The maximum absolute atomic E-state index is 13.9. The first kappa shape index (κ1) is 18.8. The van der Waals surface area contributed by atoms with Crippen molar-refractivity contribution in [3.05, 3.63) is 47.8 Å². The average molecular weight is 360 g/mol. The molecule has 136 valence electrons. The van der Waals surface area contributed by atoms with Gasteiger partial charge in [-0.1, -0.05) is 25.1 Å². The van der Waals surface area contributed by atoms with Gasteiger partial charge in [0.15, 0.2) is 5.69 Å². The zero-order valence-electron chi connectivity index (χ0n) is 13.5. The normalized spacial score (nSPS) is 12.7. The van der Waals surface area contributed by atoms with Crippen LogP contribution < -0.4 is 4.74 Å². The number of alkyl halides is 3. The molecule has 5 nitrogen and oxygen atoms in total. The Balaban J connectivity index is 2.39. The van der Waals surface area contributed by atoms with Gasteiger partial charge in [-0.3, -0.25) is 0 Å². The monoisotopic (exact) mass is 360 g/mol. The van der Waals surface area contributed by atoms with Crippen LogP contribution in [-0.2, 0) is 4.74 Å². The zero-order chi connectivity index (χ0) is 18.6. The van der Waals surface area contributed by atoms with E-state index in [0.717, 1.165) is 17.0 Å². The molecule has 2 rings (SSSR count). The fourth-order valence-electron chi connectivity index (χ4n) is 2.28. The quantitative estimate of drug-likeness (QED) is 0.575. The maximum Gasteiger partial charge on any atom is 0.573 e. The van der Waals surface area contributed by atoms with Gasteiger partial charge in [0.1, 0.15) is 5.75 Å². The number of esters is 1. The van der Waals surface area contributed by atoms with Gasteiger partial charge in [0.05, 0.1) is 19.0 Å². The summed E-state index contributed by atoms with van der Waals surface area (Å²) in [5.74, 6) is -2.43. The highest BCUT2D eigenvalue weighted by Crippen LogP contribution is 2.32. The highest BCUT2D eigenvalue weighted by atomic mass is 19.4. The van der Waals surface area contributed by atoms with E-state index in [1.54, 1.807) is 6.92 Å². The summed E-state index contributed by atoms with van der Waals surface area (Å²) in [5, 5.41) is 0. The Morgan fingerprint density at radius 1 is 1.32 bits per heavy atom. The van der Waals surface area contributed by atoms with Gasteiger partial charge in [-0.15, -0.1) is 13.2 Å². The van der Waals surface area contributed by atoms with E-state index in [1.165, 1.54) is 25.1 Å². The summed E-state index contributed by atoms with van der Waals surface area (Å²) in [6, 6.07) is 4.58. The molecule has 1 heterocycles. The van der Waals surface area contributed by atoms with E-state index in [-0.39, 0.29) is 12.2 Å². The molecule has 9 heteroatoms. The second-order valence-corrected chi connectivity index (χ2v) is 5.19. The lowest BCUT2D eigenvalue weighted by Crippen LogP contribution is -2.21. The first-order valence-electron chi connectivity index (χ1n) is 7.48. The molecule has 0 N–H and O–H groups in total. The largest absolute Gasteiger partial charge is 0.573 e. The number of ether oxygens (including phenoxy) is 2. The van der Waals surface area contributed by atoms with E-state index in [2.05, 4.69) is 9.72 Å². The third kappa shape index (κ3) is 4.49. The van der Waals surface area contributed by atoms with Crippen molar-refractivity contribution in [1.29, 1.82) is 0 Å². The first-order chi connectivity index (χ1) is 11.7. The molecule has 2 aromatic rings. The lowest BCUT2D eigenvalue weighted by atomic mass is 10.1. The molecular weight excluding hydrogens is 344 g/mol. The van der Waals surface area contributed by atoms with Crippen LogP contribution in [0.3, 0.4) is 0 Å². The van der Waals surface area contributed by atoms with Crippen molar-refractivity contribution in [1.82, 2.24) is 9.55 Å². The number of halogens is 4. The second-order valence-electron chi connectivity index (χ2n) is 5.19. The molecular formula is C16H16F4N2O3. The summed E-state index contributed by atoms with van der Waals surface area (Å²) in [7, 11) is 0. The van der Waals surface area contributed by atoms with Crippen molar-refractivity contribution < 1.29 is 31.8 Å². The SMILES string of the molecule is CCCOC(=O)c1c(F)ncn1C(C)c1ccccc1OC(F)(F)F. The Labute approximate surface area is 141 Å². The van der Waals surface area contributed by atoms with Crippen LogP contribution in [0.4, 0.5) is 17.6 Å². The molecule has 1 aromatic heterocycles. The summed E-state index contributed by atoms with van der Waals surface area (Å²) in [4.78, 5) is 15.5. The van der Waals surface area contributed by atoms with Crippen molar-refractivity contribution in [2.45, 2.75) is 32.7 Å². The van der Waals surface area contributed by atoms with Gasteiger partial charge in [0.2, 0.25) is 5.95 Å². The van der Waals surface area contributed by atoms with Gasteiger partial charge in [0, 0.05) is 5.56 Å². The minimum absolute atomic E-state index is 0.0889. The summed E-state index contributed by atoms with van der Waals surface area (Å²) < 4.78 is 61.6. The minimum Gasteiger partial charge on any atom is -0.461 e. The predicted octanol–water partition coefficient (Wildman–Crippen LogP) is 4.10. The Morgan fingerprint density at radius 3 is 2.64 bits per heavy atom. The maximum atomic E-state index is 13.9. The van der Waals surface area contributed by atoms with Crippen molar-refractivity contribution in [3.63, 3.8) is 0 Å². The highest BCUT2D eigenvalue weighted by molar-refractivity contribution is 5.87. The number of carbonyl (C=O) groups is 1. The van der Waals surface area contributed by atoms with E-state index in [0.29, 0.717) is 6.42 Å². The fourth-order valence-corrected chi connectivity index (χ4v) is 2.28. The number of rotatable bonds is 6. The lowest BCUT2D eigenvalue weighted by molar-refractivity contribution is -0.275. The summed E-state index contributed by atoms with van der Waals surface area (Å²) in [5.41, 5.74) is -0.343. The van der Waals surface area contributed by atoms with Crippen molar-refractivity contribution in [3.8, 4) is 5.75 Å². The molecule has 1 aromatic carbocycles. The van der Waals surface area contributed by atoms with Crippen LogP contribution in [-0.4, -0.2) is 28.5 Å². The van der Waals surface area contributed by atoms with Gasteiger partial charge in [0.25, 0.3) is 0 Å². The van der Waals surface area contributed by atoms with Crippen molar-refractivity contribution in [2.75, 3.05) is 6.61 Å². The predicted molar refractivity (Wildman–Crippen MR) is 79.7 cm³/mol. The molecule has 0 saturated carbocycles. The van der Waals surface area contributed by atoms with Crippen LogP contribution in [0.2, 0.25) is 0 Å². The minimum atomic E-state index is -4.88. The van der Waals surface area contributed by atoms with Gasteiger partial charge in [-0.05, 0) is 19.4 Å².